The van der Waals surface area contributed by atoms with Crippen LogP contribution in [0.1, 0.15) is 51.0 Å². The molecule has 0 aliphatic rings. The molecule has 104 valence electrons. The van der Waals surface area contributed by atoms with E-state index < -0.39 is 0 Å². The summed E-state index contributed by atoms with van der Waals surface area (Å²) in [7, 11) is 1.77. The van der Waals surface area contributed by atoms with E-state index in [1.807, 2.05) is 6.07 Å². The maximum Gasteiger partial charge on any atom is 0.0623 e. The van der Waals surface area contributed by atoms with Crippen LogP contribution >= 0.6 is 22.9 Å². The average molecular weight is 290 g/mol. The standard InChI is InChI=1S/C14H24ClNOS/c1-5-9-16-12(6-8-14(2,3)17-4)13-11(15)7-10-18-13/h7,10,12,16H,5-6,8-9H2,1-4H3. The first kappa shape index (κ1) is 16.0. The average Bonchev–Trinajstić information content (AvgIpc) is 2.76. The summed E-state index contributed by atoms with van der Waals surface area (Å²) in [5.74, 6) is 0. The summed E-state index contributed by atoms with van der Waals surface area (Å²) < 4.78 is 5.48. The number of hydrogen-bond acceptors (Lipinski definition) is 3. The molecule has 0 radical (unpaired) electrons. The molecule has 0 aliphatic carbocycles. The van der Waals surface area contributed by atoms with Crippen molar-refractivity contribution in [1.82, 2.24) is 5.32 Å². The molecule has 18 heavy (non-hydrogen) atoms. The third-order valence-corrected chi connectivity index (χ3v) is 4.66. The van der Waals surface area contributed by atoms with E-state index in [1.54, 1.807) is 18.4 Å². The van der Waals surface area contributed by atoms with E-state index in [0.29, 0.717) is 6.04 Å². The Kier molecular flexibility index (Phi) is 6.64. The Morgan fingerprint density at radius 2 is 2.22 bits per heavy atom. The second-order valence-electron chi connectivity index (χ2n) is 5.14. The highest BCUT2D eigenvalue weighted by Gasteiger charge is 2.21. The monoisotopic (exact) mass is 289 g/mol. The van der Waals surface area contributed by atoms with Gasteiger partial charge in [0.15, 0.2) is 0 Å². The SMILES string of the molecule is CCCNC(CCC(C)(C)OC)c1sccc1Cl. The van der Waals surface area contributed by atoms with E-state index in [0.717, 1.165) is 30.8 Å². The molecule has 1 rings (SSSR count). The molecule has 0 aromatic carbocycles. The molecular formula is C14H24ClNOS. The van der Waals surface area contributed by atoms with Crippen molar-refractivity contribution < 1.29 is 4.74 Å². The Balaban J connectivity index is 2.65. The number of rotatable bonds is 8. The van der Waals surface area contributed by atoms with Crippen molar-refractivity contribution >= 4 is 22.9 Å². The maximum absolute atomic E-state index is 6.24. The highest BCUT2D eigenvalue weighted by atomic mass is 35.5. The van der Waals surface area contributed by atoms with Crippen molar-refractivity contribution in [3.63, 3.8) is 0 Å². The Bertz CT molecular complexity index is 351. The molecule has 0 saturated heterocycles. The van der Waals surface area contributed by atoms with E-state index in [4.69, 9.17) is 16.3 Å². The van der Waals surface area contributed by atoms with Gasteiger partial charge in [0.1, 0.15) is 0 Å². The van der Waals surface area contributed by atoms with Crippen LogP contribution in [0.15, 0.2) is 11.4 Å². The van der Waals surface area contributed by atoms with E-state index in [2.05, 4.69) is 31.5 Å². The van der Waals surface area contributed by atoms with E-state index in [9.17, 15) is 0 Å². The zero-order chi connectivity index (χ0) is 13.6. The fourth-order valence-corrected chi connectivity index (χ4v) is 3.09. The first-order valence-corrected chi connectivity index (χ1v) is 7.77. The van der Waals surface area contributed by atoms with Gasteiger partial charge < -0.3 is 10.1 Å². The summed E-state index contributed by atoms with van der Waals surface area (Å²) in [5.41, 5.74) is -0.0735. The summed E-state index contributed by atoms with van der Waals surface area (Å²) in [6.07, 6.45) is 3.19. The molecule has 1 N–H and O–H groups in total. The highest BCUT2D eigenvalue weighted by Crippen LogP contribution is 2.33. The van der Waals surface area contributed by atoms with Gasteiger partial charge >= 0.3 is 0 Å². The second-order valence-corrected chi connectivity index (χ2v) is 6.50. The molecule has 1 aromatic rings. The molecule has 4 heteroatoms. The van der Waals surface area contributed by atoms with Gasteiger partial charge in [-0.1, -0.05) is 18.5 Å². The van der Waals surface area contributed by atoms with Gasteiger partial charge in [0.25, 0.3) is 0 Å². The van der Waals surface area contributed by atoms with Crippen molar-refractivity contribution in [2.75, 3.05) is 13.7 Å². The molecule has 1 aromatic heterocycles. The lowest BCUT2D eigenvalue weighted by Gasteiger charge is -2.26. The van der Waals surface area contributed by atoms with Crippen molar-refractivity contribution in [2.24, 2.45) is 0 Å². The molecule has 1 atom stereocenters. The van der Waals surface area contributed by atoms with Crippen LogP contribution in [0.3, 0.4) is 0 Å². The quantitative estimate of drug-likeness (QED) is 0.752. The Morgan fingerprint density at radius 1 is 1.50 bits per heavy atom. The minimum atomic E-state index is -0.0735. The summed E-state index contributed by atoms with van der Waals surface area (Å²) in [6, 6.07) is 2.32. The van der Waals surface area contributed by atoms with Gasteiger partial charge in [-0.25, -0.2) is 0 Å². The molecule has 0 bridgehead atoms. The third-order valence-electron chi connectivity index (χ3n) is 3.19. The number of ether oxygens (including phenoxy) is 1. The van der Waals surface area contributed by atoms with Crippen LogP contribution in [0.25, 0.3) is 0 Å². The lowest BCUT2D eigenvalue weighted by molar-refractivity contribution is 0.0117. The number of thiophene rings is 1. The van der Waals surface area contributed by atoms with E-state index in [-0.39, 0.29) is 5.60 Å². The molecule has 1 heterocycles. The fourth-order valence-electron chi connectivity index (χ4n) is 1.79. The van der Waals surface area contributed by atoms with Gasteiger partial charge in [0, 0.05) is 18.0 Å². The molecule has 1 unspecified atom stereocenters. The van der Waals surface area contributed by atoms with Gasteiger partial charge in [-0.2, -0.15) is 0 Å². The lowest BCUT2D eigenvalue weighted by atomic mass is 9.98. The normalized spacial score (nSPS) is 13.8. The summed E-state index contributed by atoms with van der Waals surface area (Å²) in [6.45, 7) is 7.45. The van der Waals surface area contributed by atoms with Gasteiger partial charge in [-0.15, -0.1) is 11.3 Å². The topological polar surface area (TPSA) is 21.3 Å². The van der Waals surface area contributed by atoms with Crippen LogP contribution in [0.4, 0.5) is 0 Å². The number of nitrogens with one attached hydrogen (secondary N) is 1. The zero-order valence-electron chi connectivity index (χ0n) is 11.8. The van der Waals surface area contributed by atoms with E-state index in [1.165, 1.54) is 4.88 Å². The van der Waals surface area contributed by atoms with Crippen LogP contribution in [-0.4, -0.2) is 19.3 Å². The lowest BCUT2D eigenvalue weighted by Crippen LogP contribution is -2.27. The van der Waals surface area contributed by atoms with Crippen molar-refractivity contribution in [3.8, 4) is 0 Å². The molecule has 0 aliphatic heterocycles. The number of hydrogen-bond donors (Lipinski definition) is 1. The minimum Gasteiger partial charge on any atom is -0.379 e. The molecule has 2 nitrogen and oxygen atoms in total. The first-order chi connectivity index (χ1) is 8.50. The van der Waals surface area contributed by atoms with Crippen LogP contribution in [0.2, 0.25) is 5.02 Å². The second kappa shape index (κ2) is 7.49. The van der Waals surface area contributed by atoms with Crippen LogP contribution in [-0.2, 0) is 4.74 Å². The predicted octanol–water partition coefficient (Wildman–Crippen LogP) is 4.65. The molecular weight excluding hydrogens is 266 g/mol. The van der Waals surface area contributed by atoms with Crippen molar-refractivity contribution in [1.29, 1.82) is 0 Å². The van der Waals surface area contributed by atoms with Gasteiger partial charge in [0.2, 0.25) is 0 Å². The summed E-state index contributed by atoms with van der Waals surface area (Å²) >= 11 is 7.97. The fraction of sp³-hybridized carbons (Fsp3) is 0.714. The maximum atomic E-state index is 6.24. The van der Waals surface area contributed by atoms with Crippen molar-refractivity contribution in [2.45, 2.75) is 51.7 Å². The molecule has 0 spiro atoms. The van der Waals surface area contributed by atoms with Crippen LogP contribution in [0.5, 0.6) is 0 Å². The summed E-state index contributed by atoms with van der Waals surface area (Å²) in [4.78, 5) is 1.25. The van der Waals surface area contributed by atoms with Gasteiger partial charge in [-0.05, 0) is 51.1 Å². The van der Waals surface area contributed by atoms with Crippen LogP contribution < -0.4 is 5.32 Å². The zero-order valence-corrected chi connectivity index (χ0v) is 13.3. The third kappa shape index (κ3) is 4.88. The molecule has 0 amide bonds. The van der Waals surface area contributed by atoms with E-state index >= 15 is 0 Å². The largest absolute Gasteiger partial charge is 0.379 e. The molecule has 0 saturated carbocycles. The van der Waals surface area contributed by atoms with Gasteiger partial charge in [-0.3, -0.25) is 0 Å². The Hall–Kier alpha value is -0.0900. The Labute approximate surface area is 120 Å². The number of methoxy groups -OCH3 is 1. The Morgan fingerprint density at radius 3 is 2.72 bits per heavy atom. The first-order valence-electron chi connectivity index (χ1n) is 6.51. The predicted molar refractivity (Wildman–Crippen MR) is 80.7 cm³/mol. The number of halogens is 1. The highest BCUT2D eigenvalue weighted by molar-refractivity contribution is 7.10. The summed E-state index contributed by atoms with van der Waals surface area (Å²) in [5, 5.41) is 6.51. The molecule has 0 fully saturated rings. The van der Waals surface area contributed by atoms with Crippen LogP contribution in [0, 0.1) is 0 Å². The van der Waals surface area contributed by atoms with Crippen molar-refractivity contribution in [3.05, 3.63) is 21.3 Å². The van der Waals surface area contributed by atoms with Gasteiger partial charge in [0.05, 0.1) is 10.6 Å². The smallest absolute Gasteiger partial charge is 0.0623 e. The minimum absolute atomic E-state index is 0.0735.